The molecule has 7 nitrogen and oxygen atoms in total. The summed E-state index contributed by atoms with van der Waals surface area (Å²) < 4.78 is 27.3. The number of hydrogen-bond acceptors (Lipinski definition) is 4. The average molecular weight is 655 g/mol. The molecule has 0 fully saturated rings. The molecule has 208 valence electrons. The van der Waals surface area contributed by atoms with Crippen LogP contribution in [0.15, 0.2) is 77.3 Å². The smallest absolute Gasteiger partial charge is 0.244 e. The fourth-order valence-electron chi connectivity index (χ4n) is 4.00. The molecule has 3 rings (SSSR count). The summed E-state index contributed by atoms with van der Waals surface area (Å²) in [6.07, 6.45) is 1.98. The van der Waals surface area contributed by atoms with E-state index in [1.807, 2.05) is 37.3 Å². The molecule has 0 bridgehead atoms. The van der Waals surface area contributed by atoms with E-state index >= 15 is 0 Å². The van der Waals surface area contributed by atoms with E-state index in [-0.39, 0.29) is 18.9 Å². The van der Waals surface area contributed by atoms with Crippen molar-refractivity contribution in [3.63, 3.8) is 0 Å². The Hall–Kier alpha value is -2.59. The number of carbonyl (C=O) groups is 2. The highest BCUT2D eigenvalue weighted by Crippen LogP contribution is 2.26. The molecule has 3 aromatic rings. The fraction of sp³-hybridized carbons (Fsp3) is 0.286. The number of anilines is 1. The lowest BCUT2D eigenvalue weighted by Gasteiger charge is -2.33. The Kier molecular flexibility index (Phi) is 11.2. The lowest BCUT2D eigenvalue weighted by atomic mass is 10.0. The zero-order valence-corrected chi connectivity index (χ0v) is 25.5. The van der Waals surface area contributed by atoms with Gasteiger partial charge in [-0.25, -0.2) is 8.42 Å². The third-order valence-corrected chi connectivity index (χ3v) is 8.17. The number of nitrogens with zero attached hydrogens (tertiary/aromatic N) is 2. The molecule has 0 heterocycles. The maximum atomic E-state index is 14.0. The fourth-order valence-corrected chi connectivity index (χ4v) is 5.70. The third-order valence-electron chi connectivity index (χ3n) is 5.95. The SMILES string of the molecule is CCCNC(=O)C(Cc1ccccc1)N(Cc1ccc(Cl)cc1Cl)C(=O)CN(c1cccc(Br)c1)S(C)(=O)=O. The van der Waals surface area contributed by atoms with Gasteiger partial charge < -0.3 is 10.2 Å². The van der Waals surface area contributed by atoms with Crippen molar-refractivity contribution in [3.05, 3.63) is 98.4 Å². The third kappa shape index (κ3) is 8.96. The number of hydrogen-bond donors (Lipinski definition) is 1. The van der Waals surface area contributed by atoms with Gasteiger partial charge in [0, 0.05) is 34.0 Å². The van der Waals surface area contributed by atoms with Crippen LogP contribution in [0, 0.1) is 0 Å². The molecule has 3 aromatic carbocycles. The van der Waals surface area contributed by atoms with E-state index in [9.17, 15) is 18.0 Å². The van der Waals surface area contributed by atoms with Crippen LogP contribution in [0.25, 0.3) is 0 Å². The highest BCUT2D eigenvalue weighted by atomic mass is 79.9. The normalized spacial score (nSPS) is 12.0. The maximum absolute atomic E-state index is 14.0. The second kappa shape index (κ2) is 14.2. The lowest BCUT2D eigenvalue weighted by Crippen LogP contribution is -2.53. The second-order valence-corrected chi connectivity index (χ2v) is 12.7. The first-order chi connectivity index (χ1) is 18.5. The molecule has 39 heavy (non-hydrogen) atoms. The topological polar surface area (TPSA) is 86.8 Å². The molecule has 0 aliphatic rings. The van der Waals surface area contributed by atoms with Gasteiger partial charge in [-0.2, -0.15) is 0 Å². The summed E-state index contributed by atoms with van der Waals surface area (Å²) in [7, 11) is -3.85. The zero-order chi connectivity index (χ0) is 28.6. The van der Waals surface area contributed by atoms with Crippen LogP contribution in [0.5, 0.6) is 0 Å². The minimum atomic E-state index is -3.85. The Morgan fingerprint density at radius 3 is 2.33 bits per heavy atom. The number of sulfonamides is 1. The molecule has 1 unspecified atom stereocenters. The van der Waals surface area contributed by atoms with Gasteiger partial charge >= 0.3 is 0 Å². The molecule has 0 aliphatic heterocycles. The largest absolute Gasteiger partial charge is 0.354 e. The van der Waals surface area contributed by atoms with E-state index in [4.69, 9.17) is 23.2 Å². The molecular formula is C28H30BrCl2N3O4S. The Morgan fingerprint density at radius 1 is 1.00 bits per heavy atom. The molecule has 1 N–H and O–H groups in total. The summed E-state index contributed by atoms with van der Waals surface area (Å²) in [5, 5.41) is 3.66. The molecule has 0 saturated heterocycles. The van der Waals surface area contributed by atoms with Crippen molar-refractivity contribution >= 4 is 66.7 Å². The zero-order valence-electron chi connectivity index (χ0n) is 21.6. The highest BCUT2D eigenvalue weighted by Gasteiger charge is 2.33. The van der Waals surface area contributed by atoms with Crippen molar-refractivity contribution in [2.75, 3.05) is 23.7 Å². The summed E-state index contributed by atoms with van der Waals surface area (Å²) in [6, 6.07) is 20.0. The summed E-state index contributed by atoms with van der Waals surface area (Å²) >= 11 is 15.9. The van der Waals surface area contributed by atoms with Crippen LogP contribution >= 0.6 is 39.1 Å². The number of carbonyl (C=O) groups excluding carboxylic acids is 2. The van der Waals surface area contributed by atoms with Crippen molar-refractivity contribution in [2.45, 2.75) is 32.4 Å². The van der Waals surface area contributed by atoms with Gasteiger partial charge in [-0.3, -0.25) is 13.9 Å². The van der Waals surface area contributed by atoms with Crippen molar-refractivity contribution in [3.8, 4) is 0 Å². The number of rotatable bonds is 12. The van der Waals surface area contributed by atoms with Gasteiger partial charge in [0.05, 0.1) is 11.9 Å². The minimum absolute atomic E-state index is 0.0258. The van der Waals surface area contributed by atoms with Gasteiger partial charge in [0.1, 0.15) is 12.6 Å². The van der Waals surface area contributed by atoms with Crippen molar-refractivity contribution in [1.82, 2.24) is 10.2 Å². The van der Waals surface area contributed by atoms with Crippen molar-refractivity contribution < 1.29 is 18.0 Å². The van der Waals surface area contributed by atoms with Gasteiger partial charge in [-0.05, 0) is 47.9 Å². The Bertz CT molecular complexity index is 1410. The van der Waals surface area contributed by atoms with Crippen molar-refractivity contribution in [2.24, 2.45) is 0 Å². The van der Waals surface area contributed by atoms with Gasteiger partial charge in [0.15, 0.2) is 0 Å². The Morgan fingerprint density at radius 2 is 1.72 bits per heavy atom. The van der Waals surface area contributed by atoms with Gasteiger partial charge in [0.2, 0.25) is 21.8 Å². The molecule has 11 heteroatoms. The number of halogens is 3. The molecule has 0 aliphatic carbocycles. The van der Waals surface area contributed by atoms with Crippen LogP contribution in [0.3, 0.4) is 0 Å². The van der Waals surface area contributed by atoms with Crippen LogP contribution in [-0.4, -0.2) is 50.5 Å². The first kappa shape index (κ1) is 30.9. The van der Waals surface area contributed by atoms with Gasteiger partial charge in [0.25, 0.3) is 0 Å². The van der Waals surface area contributed by atoms with Gasteiger partial charge in [-0.1, -0.05) is 88.5 Å². The predicted molar refractivity (Wildman–Crippen MR) is 161 cm³/mol. The van der Waals surface area contributed by atoms with Crippen LogP contribution in [-0.2, 0) is 32.6 Å². The molecule has 0 radical (unpaired) electrons. The summed E-state index contributed by atoms with van der Waals surface area (Å²) in [4.78, 5) is 28.9. The minimum Gasteiger partial charge on any atom is -0.354 e. The van der Waals surface area contributed by atoms with Crippen LogP contribution in [0.2, 0.25) is 10.0 Å². The van der Waals surface area contributed by atoms with Crippen LogP contribution in [0.1, 0.15) is 24.5 Å². The molecule has 0 spiro atoms. The number of nitrogens with one attached hydrogen (secondary N) is 1. The first-order valence-corrected chi connectivity index (χ1v) is 15.7. The monoisotopic (exact) mass is 653 g/mol. The standard InChI is InChI=1S/C28H30BrCl2N3O4S/c1-3-14-32-28(36)26(15-20-8-5-4-6-9-20)33(18-21-12-13-23(30)17-25(21)31)27(35)19-34(39(2,37)38)24-11-7-10-22(29)16-24/h4-13,16-17,26H,3,14-15,18-19H2,1-2H3,(H,32,36). The lowest BCUT2D eigenvalue weighted by molar-refractivity contribution is -0.140. The van der Waals surface area contributed by atoms with E-state index in [2.05, 4.69) is 21.2 Å². The van der Waals surface area contributed by atoms with E-state index in [1.54, 1.807) is 42.5 Å². The summed E-state index contributed by atoms with van der Waals surface area (Å²) in [5.41, 5.74) is 1.74. The molecule has 2 amide bonds. The summed E-state index contributed by atoms with van der Waals surface area (Å²) in [5.74, 6) is -0.897. The maximum Gasteiger partial charge on any atom is 0.244 e. The van der Waals surface area contributed by atoms with E-state index in [1.165, 1.54) is 4.90 Å². The van der Waals surface area contributed by atoms with E-state index < -0.39 is 28.5 Å². The highest BCUT2D eigenvalue weighted by molar-refractivity contribution is 9.10. The van der Waals surface area contributed by atoms with Crippen LogP contribution in [0.4, 0.5) is 5.69 Å². The number of amides is 2. The number of benzene rings is 3. The van der Waals surface area contributed by atoms with E-state index in [0.717, 1.165) is 16.1 Å². The molecular weight excluding hydrogens is 625 g/mol. The van der Waals surface area contributed by atoms with Gasteiger partial charge in [-0.15, -0.1) is 0 Å². The first-order valence-electron chi connectivity index (χ1n) is 12.3. The van der Waals surface area contributed by atoms with Crippen LogP contribution < -0.4 is 9.62 Å². The molecule has 0 aromatic heterocycles. The predicted octanol–water partition coefficient (Wildman–Crippen LogP) is 5.69. The van der Waals surface area contributed by atoms with E-state index in [0.29, 0.717) is 38.7 Å². The van der Waals surface area contributed by atoms with Crippen molar-refractivity contribution in [1.29, 1.82) is 0 Å². The summed E-state index contributed by atoms with van der Waals surface area (Å²) in [6.45, 7) is 1.83. The second-order valence-electron chi connectivity index (χ2n) is 9.00. The molecule has 0 saturated carbocycles. The average Bonchev–Trinajstić information content (AvgIpc) is 2.88. The quantitative estimate of drug-likeness (QED) is 0.272. The Balaban J connectivity index is 2.07. The Labute approximate surface area is 248 Å². The molecule has 1 atom stereocenters.